The molecule has 23 heavy (non-hydrogen) atoms. The zero-order valence-electron chi connectivity index (χ0n) is 13.0. The summed E-state index contributed by atoms with van der Waals surface area (Å²) in [4.78, 5) is 0. The van der Waals surface area contributed by atoms with Crippen molar-refractivity contribution in [3.8, 4) is 5.75 Å². The number of nitrogens with zero attached hydrogens (tertiary/aromatic N) is 1. The monoisotopic (exact) mass is 332 g/mol. The molecular weight excluding hydrogens is 312 g/mol. The Morgan fingerprint density at radius 2 is 1.96 bits per heavy atom. The number of nitrogens with one attached hydrogen (secondary N) is 1. The van der Waals surface area contributed by atoms with E-state index >= 15 is 0 Å². The molecule has 0 spiro atoms. The Morgan fingerprint density at radius 3 is 2.61 bits per heavy atom. The first-order valence-corrected chi connectivity index (χ1v) is 8.98. The van der Waals surface area contributed by atoms with Gasteiger partial charge in [-0.15, -0.1) is 0 Å². The Hall–Kier alpha value is -1.89. The maximum Gasteiger partial charge on any atom is 0.280 e. The summed E-state index contributed by atoms with van der Waals surface area (Å²) in [6, 6.07) is 16.9. The Labute approximate surface area is 137 Å². The SMILES string of the molecule is COc1cccc([C@H]2CCN2S(=O)(=O)NCc2ccccc2)c1. The van der Waals surface area contributed by atoms with Crippen LogP contribution in [-0.2, 0) is 16.8 Å². The van der Waals surface area contributed by atoms with E-state index in [4.69, 9.17) is 4.74 Å². The summed E-state index contributed by atoms with van der Waals surface area (Å²) in [5, 5.41) is 0. The van der Waals surface area contributed by atoms with Crippen molar-refractivity contribution in [3.63, 3.8) is 0 Å². The quantitative estimate of drug-likeness (QED) is 0.884. The Balaban J connectivity index is 1.70. The van der Waals surface area contributed by atoms with Crippen LogP contribution in [0.15, 0.2) is 54.6 Å². The molecule has 0 bridgehead atoms. The third kappa shape index (κ3) is 3.55. The first-order chi connectivity index (χ1) is 11.1. The molecule has 0 aliphatic carbocycles. The van der Waals surface area contributed by atoms with Gasteiger partial charge >= 0.3 is 0 Å². The predicted molar refractivity (Wildman–Crippen MR) is 89.3 cm³/mol. The molecular formula is C17H20N2O3S. The fraction of sp³-hybridized carbons (Fsp3) is 0.294. The van der Waals surface area contributed by atoms with Gasteiger partial charge in [0.2, 0.25) is 0 Å². The van der Waals surface area contributed by atoms with Crippen LogP contribution in [0.2, 0.25) is 0 Å². The number of ether oxygens (including phenoxy) is 1. The average molecular weight is 332 g/mol. The number of hydrogen-bond acceptors (Lipinski definition) is 3. The van der Waals surface area contributed by atoms with E-state index in [0.717, 1.165) is 23.3 Å². The highest BCUT2D eigenvalue weighted by Gasteiger charge is 2.38. The van der Waals surface area contributed by atoms with E-state index in [0.29, 0.717) is 13.1 Å². The first kappa shape index (κ1) is 16.0. The minimum atomic E-state index is -3.50. The predicted octanol–water partition coefficient (Wildman–Crippen LogP) is 2.48. The minimum Gasteiger partial charge on any atom is -0.497 e. The zero-order valence-corrected chi connectivity index (χ0v) is 13.8. The summed E-state index contributed by atoms with van der Waals surface area (Å²) in [5.74, 6) is 0.740. The van der Waals surface area contributed by atoms with Crippen LogP contribution in [0.4, 0.5) is 0 Å². The van der Waals surface area contributed by atoms with Gasteiger partial charge in [-0.05, 0) is 29.7 Å². The Morgan fingerprint density at radius 1 is 1.17 bits per heavy atom. The van der Waals surface area contributed by atoms with Crippen LogP contribution in [0.5, 0.6) is 5.75 Å². The lowest BCUT2D eigenvalue weighted by molar-refractivity contribution is 0.199. The second-order valence-corrected chi connectivity index (χ2v) is 7.21. The van der Waals surface area contributed by atoms with Crippen LogP contribution in [0.3, 0.4) is 0 Å². The van der Waals surface area contributed by atoms with Crippen molar-refractivity contribution in [3.05, 3.63) is 65.7 Å². The summed E-state index contributed by atoms with van der Waals surface area (Å²) >= 11 is 0. The fourth-order valence-corrected chi connectivity index (χ4v) is 4.11. The molecule has 1 fully saturated rings. The molecule has 3 rings (SSSR count). The van der Waals surface area contributed by atoms with Crippen molar-refractivity contribution < 1.29 is 13.2 Å². The standard InChI is InChI=1S/C17H20N2O3S/c1-22-16-9-5-8-15(12-16)17-10-11-19(17)23(20,21)18-13-14-6-3-2-4-7-14/h2-9,12,17-18H,10-11,13H2,1H3/t17-/m1/s1. The third-order valence-electron chi connectivity index (χ3n) is 4.06. The van der Waals surface area contributed by atoms with E-state index < -0.39 is 10.2 Å². The highest BCUT2D eigenvalue weighted by molar-refractivity contribution is 7.87. The van der Waals surface area contributed by atoms with Gasteiger partial charge in [-0.3, -0.25) is 0 Å². The van der Waals surface area contributed by atoms with E-state index in [1.54, 1.807) is 7.11 Å². The van der Waals surface area contributed by atoms with Gasteiger partial charge in [0.25, 0.3) is 10.2 Å². The largest absolute Gasteiger partial charge is 0.497 e. The van der Waals surface area contributed by atoms with Gasteiger partial charge in [0, 0.05) is 13.1 Å². The molecule has 5 nitrogen and oxygen atoms in total. The molecule has 2 aromatic rings. The maximum absolute atomic E-state index is 12.5. The average Bonchev–Trinajstić information content (AvgIpc) is 2.53. The first-order valence-electron chi connectivity index (χ1n) is 7.54. The lowest BCUT2D eigenvalue weighted by Gasteiger charge is -2.39. The van der Waals surface area contributed by atoms with Crippen LogP contribution in [0.1, 0.15) is 23.6 Å². The zero-order chi connectivity index (χ0) is 16.3. The number of benzene rings is 2. The minimum absolute atomic E-state index is 0.127. The summed E-state index contributed by atoms with van der Waals surface area (Å²) in [6.07, 6.45) is 0.819. The molecule has 0 radical (unpaired) electrons. The topological polar surface area (TPSA) is 58.6 Å². The molecule has 6 heteroatoms. The van der Waals surface area contributed by atoms with Crippen LogP contribution in [0, 0.1) is 0 Å². The molecule has 122 valence electrons. The number of methoxy groups -OCH3 is 1. The van der Waals surface area contributed by atoms with Crippen molar-refractivity contribution in [1.29, 1.82) is 0 Å². The van der Waals surface area contributed by atoms with Gasteiger partial charge in [0.05, 0.1) is 13.2 Å². The van der Waals surface area contributed by atoms with Crippen molar-refractivity contribution in [2.24, 2.45) is 0 Å². The van der Waals surface area contributed by atoms with Crippen molar-refractivity contribution in [1.82, 2.24) is 9.03 Å². The van der Waals surface area contributed by atoms with Gasteiger partial charge in [-0.1, -0.05) is 42.5 Å². The summed E-state index contributed by atoms with van der Waals surface area (Å²) in [5.41, 5.74) is 1.90. The molecule has 2 aromatic carbocycles. The van der Waals surface area contributed by atoms with Gasteiger partial charge in [-0.2, -0.15) is 17.4 Å². The van der Waals surface area contributed by atoms with Crippen molar-refractivity contribution in [2.75, 3.05) is 13.7 Å². The van der Waals surface area contributed by atoms with E-state index in [1.807, 2.05) is 54.6 Å². The molecule has 1 atom stereocenters. The van der Waals surface area contributed by atoms with Crippen molar-refractivity contribution in [2.45, 2.75) is 19.0 Å². The fourth-order valence-electron chi connectivity index (χ4n) is 2.69. The molecule has 1 N–H and O–H groups in total. The van der Waals surface area contributed by atoms with Gasteiger partial charge in [0.1, 0.15) is 5.75 Å². The molecule has 0 unspecified atom stereocenters. The maximum atomic E-state index is 12.5. The molecule has 0 aromatic heterocycles. The Kier molecular flexibility index (Phi) is 4.66. The Bertz CT molecular complexity index is 762. The summed E-state index contributed by atoms with van der Waals surface area (Å²) in [7, 11) is -1.89. The number of hydrogen-bond donors (Lipinski definition) is 1. The summed E-state index contributed by atoms with van der Waals surface area (Å²) < 4.78 is 34.4. The van der Waals surface area contributed by atoms with Crippen molar-refractivity contribution >= 4 is 10.2 Å². The van der Waals surface area contributed by atoms with Crippen LogP contribution < -0.4 is 9.46 Å². The highest BCUT2D eigenvalue weighted by Crippen LogP contribution is 2.36. The van der Waals surface area contributed by atoms with E-state index in [1.165, 1.54) is 4.31 Å². The van der Waals surface area contributed by atoms with Crippen LogP contribution >= 0.6 is 0 Å². The normalized spacial score (nSPS) is 18.4. The summed E-state index contributed by atoms with van der Waals surface area (Å²) in [6.45, 7) is 0.830. The second kappa shape index (κ2) is 6.70. The van der Waals surface area contributed by atoms with Gasteiger partial charge < -0.3 is 4.74 Å². The van der Waals surface area contributed by atoms with Gasteiger partial charge in [0.15, 0.2) is 0 Å². The second-order valence-electron chi connectivity index (χ2n) is 5.50. The molecule has 1 saturated heterocycles. The lowest BCUT2D eigenvalue weighted by atomic mass is 9.98. The smallest absolute Gasteiger partial charge is 0.280 e. The lowest BCUT2D eigenvalue weighted by Crippen LogP contribution is -2.50. The van der Waals surface area contributed by atoms with Crippen LogP contribution in [-0.4, -0.2) is 26.4 Å². The van der Waals surface area contributed by atoms with E-state index in [-0.39, 0.29) is 6.04 Å². The molecule has 1 heterocycles. The molecule has 1 aliphatic rings. The van der Waals surface area contributed by atoms with E-state index in [2.05, 4.69) is 4.72 Å². The van der Waals surface area contributed by atoms with Crippen LogP contribution in [0.25, 0.3) is 0 Å². The highest BCUT2D eigenvalue weighted by atomic mass is 32.2. The molecule has 1 aliphatic heterocycles. The third-order valence-corrected chi connectivity index (χ3v) is 5.62. The van der Waals surface area contributed by atoms with Gasteiger partial charge in [-0.25, -0.2) is 0 Å². The van der Waals surface area contributed by atoms with E-state index in [9.17, 15) is 8.42 Å². The molecule has 0 saturated carbocycles. The molecule has 0 amide bonds. The number of rotatable bonds is 6.